The summed E-state index contributed by atoms with van der Waals surface area (Å²) in [7, 11) is 0. The van der Waals surface area contributed by atoms with Crippen molar-refractivity contribution in [1.82, 2.24) is 0 Å². The normalized spacial score (nSPS) is 22.2. The highest BCUT2D eigenvalue weighted by Crippen LogP contribution is 2.31. The van der Waals surface area contributed by atoms with Crippen molar-refractivity contribution in [3.8, 4) is 0 Å². The van der Waals surface area contributed by atoms with E-state index in [2.05, 4.69) is 13.8 Å². The Labute approximate surface area is 65.0 Å². The van der Waals surface area contributed by atoms with E-state index in [1.165, 1.54) is 38.5 Å². The summed E-state index contributed by atoms with van der Waals surface area (Å²) in [5.41, 5.74) is 0. The summed E-state index contributed by atoms with van der Waals surface area (Å²) in [6.45, 7) is 4.67. The van der Waals surface area contributed by atoms with Crippen molar-refractivity contribution in [2.75, 3.05) is 0 Å². The Balaban J connectivity index is 1.93. The molecule has 1 aliphatic carbocycles. The van der Waals surface area contributed by atoms with E-state index in [0.29, 0.717) is 0 Å². The molecule has 0 aliphatic heterocycles. The van der Waals surface area contributed by atoms with Crippen LogP contribution in [-0.4, -0.2) is 0 Å². The van der Waals surface area contributed by atoms with Gasteiger partial charge in [0.1, 0.15) is 0 Å². The Morgan fingerprint density at radius 3 is 2.50 bits per heavy atom. The van der Waals surface area contributed by atoms with Gasteiger partial charge in [-0.3, -0.25) is 0 Å². The molecule has 10 heavy (non-hydrogen) atoms. The van der Waals surface area contributed by atoms with Gasteiger partial charge in [0.05, 0.1) is 0 Å². The summed E-state index contributed by atoms with van der Waals surface area (Å²) in [5, 5.41) is 0. The van der Waals surface area contributed by atoms with E-state index >= 15 is 0 Å². The topological polar surface area (TPSA) is 0 Å². The standard InChI is InChI=1S/C10H20/c1-3-9(2)7-8-10-5-4-6-10/h9-10H,3-8H2,1-2H3. The van der Waals surface area contributed by atoms with Gasteiger partial charge in [-0.1, -0.05) is 52.4 Å². The Morgan fingerprint density at radius 1 is 1.40 bits per heavy atom. The van der Waals surface area contributed by atoms with Crippen LogP contribution in [0.4, 0.5) is 0 Å². The molecule has 0 saturated heterocycles. The van der Waals surface area contributed by atoms with Crippen LogP contribution < -0.4 is 0 Å². The van der Waals surface area contributed by atoms with Gasteiger partial charge in [0.2, 0.25) is 0 Å². The van der Waals surface area contributed by atoms with Crippen LogP contribution in [0.25, 0.3) is 0 Å². The second-order valence-electron chi connectivity index (χ2n) is 3.89. The molecule has 60 valence electrons. The molecule has 0 aromatic rings. The third kappa shape index (κ3) is 2.32. The van der Waals surface area contributed by atoms with Crippen molar-refractivity contribution >= 4 is 0 Å². The molecule has 0 heteroatoms. The van der Waals surface area contributed by atoms with Crippen LogP contribution in [0.5, 0.6) is 0 Å². The van der Waals surface area contributed by atoms with Crippen LogP contribution in [-0.2, 0) is 0 Å². The molecule has 1 aliphatic rings. The maximum absolute atomic E-state index is 2.37. The molecule has 1 unspecified atom stereocenters. The van der Waals surface area contributed by atoms with Gasteiger partial charge < -0.3 is 0 Å². The minimum Gasteiger partial charge on any atom is -0.0651 e. The zero-order valence-corrected chi connectivity index (χ0v) is 7.40. The lowest BCUT2D eigenvalue weighted by Gasteiger charge is -2.26. The zero-order valence-electron chi connectivity index (χ0n) is 7.40. The molecule has 0 nitrogen and oxygen atoms in total. The highest BCUT2D eigenvalue weighted by molar-refractivity contribution is 4.70. The summed E-state index contributed by atoms with van der Waals surface area (Å²) >= 11 is 0. The maximum atomic E-state index is 2.37. The summed E-state index contributed by atoms with van der Waals surface area (Å²) < 4.78 is 0. The fourth-order valence-corrected chi connectivity index (χ4v) is 1.51. The monoisotopic (exact) mass is 140 g/mol. The molecule has 0 amide bonds. The lowest BCUT2D eigenvalue weighted by atomic mass is 9.80. The zero-order chi connectivity index (χ0) is 7.40. The first kappa shape index (κ1) is 8.10. The van der Waals surface area contributed by atoms with Crippen LogP contribution in [0.3, 0.4) is 0 Å². The third-order valence-electron chi connectivity index (χ3n) is 2.99. The first-order chi connectivity index (χ1) is 4.83. The number of hydrogen-bond acceptors (Lipinski definition) is 0. The van der Waals surface area contributed by atoms with Crippen LogP contribution in [0, 0.1) is 11.8 Å². The summed E-state index contributed by atoms with van der Waals surface area (Å²) in [5.74, 6) is 2.09. The predicted molar refractivity (Wildman–Crippen MR) is 46.0 cm³/mol. The van der Waals surface area contributed by atoms with Crippen LogP contribution >= 0.6 is 0 Å². The molecule has 0 heterocycles. The molecule has 1 fully saturated rings. The molecule has 0 N–H and O–H groups in total. The Morgan fingerprint density at radius 2 is 2.10 bits per heavy atom. The van der Waals surface area contributed by atoms with Crippen molar-refractivity contribution in [2.45, 2.75) is 52.4 Å². The molecular weight excluding hydrogens is 120 g/mol. The van der Waals surface area contributed by atoms with Gasteiger partial charge in [-0.2, -0.15) is 0 Å². The largest absolute Gasteiger partial charge is 0.0651 e. The first-order valence-electron chi connectivity index (χ1n) is 4.83. The summed E-state index contributed by atoms with van der Waals surface area (Å²) in [6, 6.07) is 0. The van der Waals surface area contributed by atoms with Gasteiger partial charge in [-0.05, 0) is 11.8 Å². The molecule has 0 aromatic heterocycles. The van der Waals surface area contributed by atoms with Gasteiger partial charge in [0.15, 0.2) is 0 Å². The first-order valence-corrected chi connectivity index (χ1v) is 4.83. The minimum atomic E-state index is 0.973. The van der Waals surface area contributed by atoms with E-state index in [4.69, 9.17) is 0 Å². The quantitative estimate of drug-likeness (QED) is 0.559. The number of hydrogen-bond donors (Lipinski definition) is 0. The van der Waals surface area contributed by atoms with Crippen molar-refractivity contribution in [2.24, 2.45) is 11.8 Å². The van der Waals surface area contributed by atoms with Crippen molar-refractivity contribution in [1.29, 1.82) is 0 Å². The lowest BCUT2D eigenvalue weighted by Crippen LogP contribution is -2.11. The third-order valence-corrected chi connectivity index (χ3v) is 2.99. The maximum Gasteiger partial charge on any atom is -0.0414 e. The van der Waals surface area contributed by atoms with E-state index < -0.39 is 0 Å². The van der Waals surface area contributed by atoms with E-state index in [1.54, 1.807) is 0 Å². The van der Waals surface area contributed by atoms with E-state index in [1.807, 2.05) is 0 Å². The van der Waals surface area contributed by atoms with Crippen LogP contribution in [0.15, 0.2) is 0 Å². The summed E-state index contributed by atoms with van der Waals surface area (Å²) in [4.78, 5) is 0. The fraction of sp³-hybridized carbons (Fsp3) is 1.00. The fourth-order valence-electron chi connectivity index (χ4n) is 1.51. The van der Waals surface area contributed by atoms with Crippen molar-refractivity contribution < 1.29 is 0 Å². The van der Waals surface area contributed by atoms with Crippen LogP contribution in [0.1, 0.15) is 52.4 Å². The van der Waals surface area contributed by atoms with E-state index in [9.17, 15) is 0 Å². The molecule has 1 saturated carbocycles. The van der Waals surface area contributed by atoms with Gasteiger partial charge in [-0.15, -0.1) is 0 Å². The van der Waals surface area contributed by atoms with Crippen molar-refractivity contribution in [3.63, 3.8) is 0 Å². The Bertz CT molecular complexity index is 77.3. The highest BCUT2D eigenvalue weighted by Gasteiger charge is 2.17. The SMILES string of the molecule is CCC(C)CCC1CCC1. The van der Waals surface area contributed by atoms with Gasteiger partial charge >= 0.3 is 0 Å². The van der Waals surface area contributed by atoms with E-state index in [0.717, 1.165) is 11.8 Å². The predicted octanol–water partition coefficient (Wildman–Crippen LogP) is 3.61. The second-order valence-corrected chi connectivity index (χ2v) is 3.89. The van der Waals surface area contributed by atoms with Crippen molar-refractivity contribution in [3.05, 3.63) is 0 Å². The molecule has 1 rings (SSSR count). The van der Waals surface area contributed by atoms with Crippen LogP contribution in [0.2, 0.25) is 0 Å². The van der Waals surface area contributed by atoms with E-state index in [-0.39, 0.29) is 0 Å². The van der Waals surface area contributed by atoms with Gasteiger partial charge in [0, 0.05) is 0 Å². The Hall–Kier alpha value is 0. The molecule has 0 aromatic carbocycles. The molecule has 0 radical (unpaired) electrons. The molecule has 1 atom stereocenters. The Kier molecular flexibility index (Phi) is 3.24. The van der Waals surface area contributed by atoms with Gasteiger partial charge in [-0.25, -0.2) is 0 Å². The second kappa shape index (κ2) is 4.00. The summed E-state index contributed by atoms with van der Waals surface area (Å²) in [6.07, 6.45) is 8.90. The molecular formula is C10H20. The average Bonchev–Trinajstić information content (AvgIpc) is 1.84. The highest BCUT2D eigenvalue weighted by atomic mass is 14.2. The van der Waals surface area contributed by atoms with Gasteiger partial charge in [0.25, 0.3) is 0 Å². The molecule has 0 spiro atoms. The number of rotatable bonds is 4. The average molecular weight is 140 g/mol. The minimum absolute atomic E-state index is 0.973. The molecule has 0 bridgehead atoms. The lowest BCUT2D eigenvalue weighted by molar-refractivity contribution is 0.272. The smallest absolute Gasteiger partial charge is 0.0414 e.